The summed E-state index contributed by atoms with van der Waals surface area (Å²) < 4.78 is 2.37. The van der Waals surface area contributed by atoms with E-state index in [1.54, 1.807) is 0 Å². The molecule has 0 saturated heterocycles. The molecule has 0 N–H and O–H groups in total. The van der Waals surface area contributed by atoms with E-state index < -0.39 is 8.07 Å². The number of aromatic nitrogens is 1. The van der Waals surface area contributed by atoms with Crippen LogP contribution in [0.5, 0.6) is 0 Å². The van der Waals surface area contributed by atoms with Crippen LogP contribution in [0, 0.1) is 6.92 Å². The quantitative estimate of drug-likeness (QED) is 0.647. The highest BCUT2D eigenvalue weighted by Crippen LogP contribution is 2.17. The van der Waals surface area contributed by atoms with E-state index >= 15 is 0 Å². The van der Waals surface area contributed by atoms with Crippen LogP contribution in [0.4, 0.5) is 0 Å². The second kappa shape index (κ2) is 3.24. The predicted octanol–water partition coefficient (Wildman–Crippen LogP) is 3.03. The lowest BCUT2D eigenvalue weighted by atomic mass is 10.2. The van der Waals surface area contributed by atoms with Gasteiger partial charge in [-0.1, -0.05) is 31.8 Å². The zero-order valence-electron chi connectivity index (χ0n) is 10.3. The molecule has 0 bridgehead atoms. The molecule has 2 heteroatoms. The molecule has 1 heterocycles. The summed E-state index contributed by atoms with van der Waals surface area (Å²) in [5.74, 6) is 0. The normalized spacial score (nSPS) is 12.3. The molecular weight excluding hydrogens is 198 g/mol. The molecule has 0 amide bonds. The zero-order valence-corrected chi connectivity index (χ0v) is 11.3. The van der Waals surface area contributed by atoms with Crippen molar-refractivity contribution in [2.24, 2.45) is 7.05 Å². The molecule has 2 rings (SSSR count). The van der Waals surface area contributed by atoms with Gasteiger partial charge in [0.1, 0.15) is 0 Å². The Kier molecular flexibility index (Phi) is 2.27. The Labute approximate surface area is 92.7 Å². The number of fused-ring (bicyclic) bond motifs is 1. The third-order valence-corrected chi connectivity index (χ3v) is 4.99. The Morgan fingerprint density at radius 3 is 2.33 bits per heavy atom. The van der Waals surface area contributed by atoms with Gasteiger partial charge in [0, 0.05) is 17.9 Å². The predicted molar refractivity (Wildman–Crippen MR) is 70.6 cm³/mol. The van der Waals surface area contributed by atoms with Gasteiger partial charge in [-0.25, -0.2) is 0 Å². The van der Waals surface area contributed by atoms with Crippen LogP contribution < -0.4 is 5.32 Å². The van der Waals surface area contributed by atoms with Crippen LogP contribution in [0.3, 0.4) is 0 Å². The smallest absolute Gasteiger partial charge is 0.0984 e. The van der Waals surface area contributed by atoms with Crippen molar-refractivity contribution in [1.82, 2.24) is 4.57 Å². The SMILES string of the molecule is Cc1ccc2cc([Si](C)(C)C)n(C)c2c1. The van der Waals surface area contributed by atoms with Crippen molar-refractivity contribution < 1.29 is 0 Å². The van der Waals surface area contributed by atoms with Crippen LogP contribution in [-0.4, -0.2) is 12.6 Å². The average Bonchev–Trinajstić information content (AvgIpc) is 2.43. The van der Waals surface area contributed by atoms with Crippen molar-refractivity contribution in [3.8, 4) is 0 Å². The van der Waals surface area contributed by atoms with E-state index in [0.29, 0.717) is 0 Å². The van der Waals surface area contributed by atoms with Gasteiger partial charge in [-0.15, -0.1) is 0 Å². The first-order valence-corrected chi connectivity index (χ1v) is 8.96. The van der Waals surface area contributed by atoms with Gasteiger partial charge in [-0.05, 0) is 30.0 Å². The fourth-order valence-corrected chi connectivity index (χ4v) is 3.87. The molecule has 15 heavy (non-hydrogen) atoms. The van der Waals surface area contributed by atoms with E-state index in [2.05, 4.69) is 62.4 Å². The Balaban J connectivity index is 2.76. The Morgan fingerprint density at radius 2 is 1.73 bits per heavy atom. The van der Waals surface area contributed by atoms with Crippen LogP contribution in [0.2, 0.25) is 19.6 Å². The topological polar surface area (TPSA) is 4.93 Å². The van der Waals surface area contributed by atoms with Gasteiger partial charge < -0.3 is 4.57 Å². The molecule has 0 aliphatic carbocycles. The maximum atomic E-state index is 2.40. The van der Waals surface area contributed by atoms with Crippen molar-refractivity contribution in [1.29, 1.82) is 0 Å². The third kappa shape index (κ3) is 1.74. The number of hydrogen-bond acceptors (Lipinski definition) is 0. The summed E-state index contributed by atoms with van der Waals surface area (Å²) in [6, 6.07) is 9.06. The van der Waals surface area contributed by atoms with E-state index in [9.17, 15) is 0 Å². The molecule has 2 aromatic rings. The molecule has 80 valence electrons. The second-order valence-corrected chi connectivity index (χ2v) is 10.4. The lowest BCUT2D eigenvalue weighted by Crippen LogP contribution is -2.41. The second-order valence-electron chi connectivity index (χ2n) is 5.40. The summed E-state index contributed by atoms with van der Waals surface area (Å²) in [6.45, 7) is 9.34. The highest BCUT2D eigenvalue weighted by molar-refractivity contribution is 6.88. The minimum absolute atomic E-state index is 1.22. The van der Waals surface area contributed by atoms with E-state index in [0.717, 1.165) is 0 Å². The van der Waals surface area contributed by atoms with Gasteiger partial charge in [0.15, 0.2) is 0 Å². The lowest BCUT2D eigenvalue weighted by molar-refractivity contribution is 0.994. The molecule has 0 spiro atoms. The van der Waals surface area contributed by atoms with Crippen molar-refractivity contribution in [3.63, 3.8) is 0 Å². The first kappa shape index (κ1) is 10.5. The standard InChI is InChI=1S/C13H19NSi/c1-10-6-7-11-9-13(15(3,4)5)14(2)12(11)8-10/h6-9H,1-5H3. The number of hydrogen-bond donors (Lipinski definition) is 0. The summed E-state index contributed by atoms with van der Waals surface area (Å²) in [5.41, 5.74) is 2.71. The van der Waals surface area contributed by atoms with Crippen LogP contribution in [0.1, 0.15) is 5.56 Å². The van der Waals surface area contributed by atoms with Gasteiger partial charge in [0.05, 0.1) is 8.07 Å². The van der Waals surface area contributed by atoms with E-state index in [1.165, 1.54) is 21.8 Å². The molecule has 0 fully saturated rings. The van der Waals surface area contributed by atoms with Gasteiger partial charge in [0.2, 0.25) is 0 Å². The number of aryl methyl sites for hydroxylation is 2. The van der Waals surface area contributed by atoms with Crippen molar-refractivity contribution in [2.45, 2.75) is 26.6 Å². The summed E-state index contributed by atoms with van der Waals surface area (Å²) in [5, 5.41) is 2.91. The fraction of sp³-hybridized carbons (Fsp3) is 0.385. The highest BCUT2D eigenvalue weighted by atomic mass is 28.3. The van der Waals surface area contributed by atoms with Gasteiger partial charge in [-0.2, -0.15) is 0 Å². The monoisotopic (exact) mass is 217 g/mol. The largest absolute Gasteiger partial charge is 0.352 e. The summed E-state index contributed by atoms with van der Waals surface area (Å²) >= 11 is 0. The van der Waals surface area contributed by atoms with E-state index in [1.807, 2.05) is 0 Å². The van der Waals surface area contributed by atoms with Crippen LogP contribution in [0.15, 0.2) is 24.3 Å². The molecular formula is C13H19NSi. The molecule has 0 aliphatic rings. The average molecular weight is 217 g/mol. The Morgan fingerprint density at radius 1 is 1.07 bits per heavy atom. The van der Waals surface area contributed by atoms with E-state index in [4.69, 9.17) is 0 Å². The van der Waals surface area contributed by atoms with Crippen molar-refractivity contribution in [3.05, 3.63) is 29.8 Å². The van der Waals surface area contributed by atoms with Crippen molar-refractivity contribution in [2.75, 3.05) is 0 Å². The molecule has 1 aromatic carbocycles. The lowest BCUT2D eigenvalue weighted by Gasteiger charge is -2.17. The van der Waals surface area contributed by atoms with E-state index in [-0.39, 0.29) is 0 Å². The Bertz CT molecular complexity index is 503. The first-order valence-electron chi connectivity index (χ1n) is 5.46. The minimum Gasteiger partial charge on any atom is -0.352 e. The summed E-state index contributed by atoms with van der Waals surface area (Å²) in [6.07, 6.45) is 0. The molecule has 0 saturated carbocycles. The highest BCUT2D eigenvalue weighted by Gasteiger charge is 2.21. The van der Waals surface area contributed by atoms with Crippen LogP contribution in [-0.2, 0) is 7.05 Å². The summed E-state index contributed by atoms with van der Waals surface area (Å²) in [7, 11) is 0.974. The minimum atomic E-state index is -1.22. The molecule has 0 unspecified atom stereocenters. The molecule has 1 aromatic heterocycles. The maximum Gasteiger partial charge on any atom is 0.0984 e. The maximum absolute atomic E-state index is 2.40. The van der Waals surface area contributed by atoms with Gasteiger partial charge in [0.25, 0.3) is 0 Å². The van der Waals surface area contributed by atoms with Crippen LogP contribution in [0.25, 0.3) is 10.9 Å². The van der Waals surface area contributed by atoms with Crippen LogP contribution >= 0.6 is 0 Å². The number of rotatable bonds is 1. The first-order chi connectivity index (χ1) is 6.89. The number of nitrogens with zero attached hydrogens (tertiary/aromatic N) is 1. The summed E-state index contributed by atoms with van der Waals surface area (Å²) in [4.78, 5) is 0. The fourth-order valence-electron chi connectivity index (χ4n) is 2.16. The van der Waals surface area contributed by atoms with Crippen molar-refractivity contribution >= 4 is 24.3 Å². The van der Waals surface area contributed by atoms with Gasteiger partial charge >= 0.3 is 0 Å². The molecule has 1 nitrogen and oxygen atoms in total. The zero-order chi connectivity index (χ0) is 11.2. The van der Waals surface area contributed by atoms with Gasteiger partial charge in [-0.3, -0.25) is 0 Å². The molecule has 0 atom stereocenters. The molecule has 0 aliphatic heterocycles. The Hall–Kier alpha value is -1.02. The number of benzene rings is 1. The third-order valence-electron chi connectivity index (χ3n) is 2.97. The molecule has 0 radical (unpaired) electrons.